The first-order valence-corrected chi connectivity index (χ1v) is 7.93. The summed E-state index contributed by atoms with van der Waals surface area (Å²) in [5.41, 5.74) is 0.295. The van der Waals surface area contributed by atoms with Gasteiger partial charge in [0, 0.05) is 0 Å². The summed E-state index contributed by atoms with van der Waals surface area (Å²) in [5, 5.41) is 10.4. The maximum absolute atomic E-state index is 10.4. The quantitative estimate of drug-likeness (QED) is 0.558. The molecule has 1 N–H and O–H groups in total. The maximum Gasteiger partial charge on any atom is 0.0596 e. The van der Waals surface area contributed by atoms with Gasteiger partial charge < -0.3 is 5.11 Å². The lowest BCUT2D eigenvalue weighted by molar-refractivity contribution is 0.0171. The Morgan fingerprint density at radius 3 is 2.12 bits per heavy atom. The molecule has 0 saturated heterocycles. The van der Waals surface area contributed by atoms with Gasteiger partial charge in [-0.2, -0.15) is 0 Å². The van der Waals surface area contributed by atoms with Gasteiger partial charge in [-0.25, -0.2) is 0 Å². The standard InChI is InChI=1S/C16H32O/c1-3-5-6-7-8-9-12-15(17)16(4-2)13-10-11-14-16/h15,17H,3-14H2,1-2H3. The maximum atomic E-state index is 10.4. The lowest BCUT2D eigenvalue weighted by Gasteiger charge is -2.33. The summed E-state index contributed by atoms with van der Waals surface area (Å²) in [5.74, 6) is 0. The number of rotatable bonds is 9. The monoisotopic (exact) mass is 240 g/mol. The van der Waals surface area contributed by atoms with E-state index in [1.165, 1.54) is 70.6 Å². The van der Waals surface area contributed by atoms with Gasteiger partial charge in [0.1, 0.15) is 0 Å². The fourth-order valence-electron chi connectivity index (χ4n) is 3.43. The third kappa shape index (κ3) is 4.62. The molecule has 0 bridgehead atoms. The SMILES string of the molecule is CCCCCCCCC(O)C1(CC)CCCC1. The molecular weight excluding hydrogens is 208 g/mol. The van der Waals surface area contributed by atoms with Crippen molar-refractivity contribution in [2.24, 2.45) is 5.41 Å². The first kappa shape index (κ1) is 15.0. The minimum atomic E-state index is -0.0267. The molecule has 1 saturated carbocycles. The second kappa shape index (κ2) is 8.13. The van der Waals surface area contributed by atoms with Gasteiger partial charge in [0.05, 0.1) is 6.10 Å². The second-order valence-electron chi connectivity index (χ2n) is 6.00. The molecule has 1 nitrogen and oxygen atoms in total. The Balaban J connectivity index is 2.13. The van der Waals surface area contributed by atoms with Crippen LogP contribution in [-0.4, -0.2) is 11.2 Å². The van der Waals surface area contributed by atoms with Gasteiger partial charge in [0.2, 0.25) is 0 Å². The minimum Gasteiger partial charge on any atom is -0.393 e. The summed E-state index contributed by atoms with van der Waals surface area (Å²) >= 11 is 0. The Morgan fingerprint density at radius 1 is 0.941 bits per heavy atom. The van der Waals surface area contributed by atoms with Crippen molar-refractivity contribution in [1.29, 1.82) is 0 Å². The molecule has 1 heteroatoms. The van der Waals surface area contributed by atoms with Crippen molar-refractivity contribution in [3.8, 4) is 0 Å². The van der Waals surface area contributed by atoms with Gasteiger partial charge in [-0.3, -0.25) is 0 Å². The van der Waals surface area contributed by atoms with E-state index < -0.39 is 0 Å². The van der Waals surface area contributed by atoms with Crippen LogP contribution in [0.2, 0.25) is 0 Å². The summed E-state index contributed by atoms with van der Waals surface area (Å²) in [6, 6.07) is 0. The molecule has 1 unspecified atom stereocenters. The molecule has 1 rings (SSSR count). The van der Waals surface area contributed by atoms with E-state index in [0.717, 1.165) is 6.42 Å². The zero-order chi connectivity index (χ0) is 12.6. The predicted octanol–water partition coefficient (Wildman–Crippen LogP) is 5.07. The fraction of sp³-hybridized carbons (Fsp3) is 1.00. The van der Waals surface area contributed by atoms with Crippen molar-refractivity contribution in [2.45, 2.75) is 97.0 Å². The summed E-state index contributed by atoms with van der Waals surface area (Å²) < 4.78 is 0. The molecule has 0 aromatic rings. The van der Waals surface area contributed by atoms with Crippen LogP contribution in [0, 0.1) is 5.41 Å². The van der Waals surface area contributed by atoms with Gasteiger partial charge in [-0.05, 0) is 31.1 Å². The molecular formula is C16H32O. The number of aliphatic hydroxyl groups is 1. The van der Waals surface area contributed by atoms with E-state index in [1.807, 2.05) is 0 Å². The van der Waals surface area contributed by atoms with Crippen LogP contribution < -0.4 is 0 Å². The lowest BCUT2D eigenvalue weighted by atomic mass is 9.76. The first-order valence-electron chi connectivity index (χ1n) is 7.93. The highest BCUT2D eigenvalue weighted by Crippen LogP contribution is 2.45. The zero-order valence-electron chi connectivity index (χ0n) is 12.0. The van der Waals surface area contributed by atoms with Crippen LogP contribution in [-0.2, 0) is 0 Å². The topological polar surface area (TPSA) is 20.2 Å². The van der Waals surface area contributed by atoms with Gasteiger partial charge in [0.25, 0.3) is 0 Å². The van der Waals surface area contributed by atoms with Gasteiger partial charge in [-0.15, -0.1) is 0 Å². The predicted molar refractivity (Wildman–Crippen MR) is 75.2 cm³/mol. The van der Waals surface area contributed by atoms with E-state index in [4.69, 9.17) is 0 Å². The first-order chi connectivity index (χ1) is 8.25. The number of hydrogen-bond acceptors (Lipinski definition) is 1. The molecule has 0 amide bonds. The average Bonchev–Trinajstić information content (AvgIpc) is 2.83. The molecule has 102 valence electrons. The van der Waals surface area contributed by atoms with Crippen molar-refractivity contribution in [1.82, 2.24) is 0 Å². The molecule has 1 atom stereocenters. The van der Waals surface area contributed by atoms with Gasteiger partial charge in [0.15, 0.2) is 0 Å². The van der Waals surface area contributed by atoms with Crippen molar-refractivity contribution >= 4 is 0 Å². The Bertz CT molecular complexity index is 182. The van der Waals surface area contributed by atoms with E-state index in [9.17, 15) is 5.11 Å². The van der Waals surface area contributed by atoms with E-state index in [1.54, 1.807) is 0 Å². The van der Waals surface area contributed by atoms with Crippen LogP contribution in [0.15, 0.2) is 0 Å². The van der Waals surface area contributed by atoms with E-state index in [2.05, 4.69) is 13.8 Å². The number of aliphatic hydroxyl groups excluding tert-OH is 1. The van der Waals surface area contributed by atoms with Gasteiger partial charge in [-0.1, -0.05) is 65.2 Å². The Morgan fingerprint density at radius 2 is 1.53 bits per heavy atom. The summed E-state index contributed by atoms with van der Waals surface area (Å²) in [6.45, 7) is 4.52. The molecule has 0 aromatic heterocycles. The second-order valence-corrected chi connectivity index (χ2v) is 6.00. The molecule has 1 fully saturated rings. The van der Waals surface area contributed by atoms with Crippen molar-refractivity contribution in [2.75, 3.05) is 0 Å². The Kier molecular flexibility index (Phi) is 7.18. The molecule has 17 heavy (non-hydrogen) atoms. The van der Waals surface area contributed by atoms with E-state index in [-0.39, 0.29) is 6.10 Å². The molecule has 1 aliphatic rings. The molecule has 0 aliphatic heterocycles. The van der Waals surface area contributed by atoms with Gasteiger partial charge >= 0.3 is 0 Å². The molecule has 0 aromatic carbocycles. The molecule has 0 heterocycles. The molecule has 0 spiro atoms. The van der Waals surface area contributed by atoms with Crippen molar-refractivity contribution in [3.05, 3.63) is 0 Å². The van der Waals surface area contributed by atoms with Crippen LogP contribution in [0.3, 0.4) is 0 Å². The Hall–Kier alpha value is -0.0400. The van der Waals surface area contributed by atoms with Crippen LogP contribution in [0.1, 0.15) is 90.9 Å². The zero-order valence-corrected chi connectivity index (χ0v) is 12.0. The van der Waals surface area contributed by atoms with Crippen LogP contribution in [0.5, 0.6) is 0 Å². The van der Waals surface area contributed by atoms with E-state index in [0.29, 0.717) is 5.41 Å². The van der Waals surface area contributed by atoms with Crippen molar-refractivity contribution in [3.63, 3.8) is 0 Å². The fourth-order valence-corrected chi connectivity index (χ4v) is 3.43. The highest BCUT2D eigenvalue weighted by molar-refractivity contribution is 4.89. The molecule has 1 aliphatic carbocycles. The third-order valence-electron chi connectivity index (χ3n) is 4.84. The summed E-state index contributed by atoms with van der Waals surface area (Å²) in [4.78, 5) is 0. The highest BCUT2D eigenvalue weighted by Gasteiger charge is 2.38. The number of hydrogen-bond donors (Lipinski definition) is 1. The van der Waals surface area contributed by atoms with Crippen LogP contribution in [0.25, 0.3) is 0 Å². The van der Waals surface area contributed by atoms with Crippen LogP contribution in [0.4, 0.5) is 0 Å². The normalized spacial score (nSPS) is 20.6. The lowest BCUT2D eigenvalue weighted by Crippen LogP contribution is -2.31. The largest absolute Gasteiger partial charge is 0.393 e. The van der Waals surface area contributed by atoms with Crippen molar-refractivity contribution < 1.29 is 5.11 Å². The van der Waals surface area contributed by atoms with E-state index >= 15 is 0 Å². The number of unbranched alkanes of at least 4 members (excludes halogenated alkanes) is 5. The molecule has 0 radical (unpaired) electrons. The Labute approximate surface area is 108 Å². The summed E-state index contributed by atoms with van der Waals surface area (Å²) in [7, 11) is 0. The highest BCUT2D eigenvalue weighted by atomic mass is 16.3. The minimum absolute atomic E-state index is 0.0267. The smallest absolute Gasteiger partial charge is 0.0596 e. The third-order valence-corrected chi connectivity index (χ3v) is 4.84. The van der Waals surface area contributed by atoms with Crippen LogP contribution >= 0.6 is 0 Å². The summed E-state index contributed by atoms with van der Waals surface area (Å²) in [6.07, 6.45) is 15.4. The average molecular weight is 240 g/mol.